The Bertz CT molecular complexity index is 1180. The number of halogens is 2. The number of fused-ring (bicyclic) bond motifs is 1. The Hall–Kier alpha value is -1.64. The normalized spacial score (nSPS) is 15.8. The summed E-state index contributed by atoms with van der Waals surface area (Å²) in [4.78, 5) is 15.4. The minimum absolute atomic E-state index is 0.181. The molecule has 29 heavy (non-hydrogen) atoms. The van der Waals surface area contributed by atoms with Gasteiger partial charge in [0.05, 0.1) is 9.92 Å². The fourth-order valence-corrected chi connectivity index (χ4v) is 6.49. The maximum absolute atomic E-state index is 13.0. The molecule has 0 unspecified atom stereocenters. The van der Waals surface area contributed by atoms with Gasteiger partial charge in [-0.05, 0) is 31.2 Å². The van der Waals surface area contributed by atoms with Crippen LogP contribution >= 0.6 is 34.5 Å². The van der Waals surface area contributed by atoms with Crippen LogP contribution in [-0.4, -0.2) is 49.7 Å². The van der Waals surface area contributed by atoms with Crippen molar-refractivity contribution in [3.63, 3.8) is 0 Å². The summed E-state index contributed by atoms with van der Waals surface area (Å²) < 4.78 is 28.0. The number of amides is 1. The van der Waals surface area contributed by atoms with Crippen LogP contribution in [0.3, 0.4) is 0 Å². The van der Waals surface area contributed by atoms with Crippen LogP contribution < -0.4 is 0 Å². The Morgan fingerprint density at radius 3 is 2.31 bits per heavy atom. The lowest BCUT2D eigenvalue weighted by Crippen LogP contribution is -2.50. The zero-order valence-electron chi connectivity index (χ0n) is 15.6. The van der Waals surface area contributed by atoms with Crippen LogP contribution in [0.4, 0.5) is 0 Å². The van der Waals surface area contributed by atoms with Gasteiger partial charge >= 0.3 is 0 Å². The molecule has 1 aliphatic heterocycles. The zero-order valence-corrected chi connectivity index (χ0v) is 18.7. The van der Waals surface area contributed by atoms with E-state index in [1.807, 2.05) is 6.92 Å². The van der Waals surface area contributed by atoms with Crippen molar-refractivity contribution in [3.8, 4) is 0 Å². The summed E-state index contributed by atoms with van der Waals surface area (Å²) in [5.74, 6) is -0.181. The molecule has 9 heteroatoms. The van der Waals surface area contributed by atoms with Crippen molar-refractivity contribution in [2.24, 2.45) is 0 Å². The number of carbonyl (C=O) groups excluding carboxylic acids is 1. The third kappa shape index (κ3) is 3.90. The monoisotopic (exact) mass is 468 g/mol. The van der Waals surface area contributed by atoms with E-state index < -0.39 is 10.0 Å². The molecule has 0 aliphatic carbocycles. The molecule has 0 radical (unpaired) electrons. The molecule has 1 aromatic heterocycles. The van der Waals surface area contributed by atoms with E-state index in [0.29, 0.717) is 28.0 Å². The second-order valence-corrected chi connectivity index (χ2v) is 10.7. The third-order valence-electron chi connectivity index (χ3n) is 4.97. The summed E-state index contributed by atoms with van der Waals surface area (Å²) in [6, 6.07) is 12.1. The minimum Gasteiger partial charge on any atom is -0.335 e. The second kappa shape index (κ2) is 7.89. The maximum Gasteiger partial charge on any atom is 0.265 e. The first kappa shape index (κ1) is 20.6. The summed E-state index contributed by atoms with van der Waals surface area (Å²) in [6.07, 6.45) is 0. The van der Waals surface area contributed by atoms with Gasteiger partial charge in [-0.15, -0.1) is 11.3 Å². The van der Waals surface area contributed by atoms with E-state index >= 15 is 0 Å². The van der Waals surface area contributed by atoms with Crippen molar-refractivity contribution in [1.29, 1.82) is 0 Å². The largest absolute Gasteiger partial charge is 0.335 e. The zero-order chi connectivity index (χ0) is 20.8. The van der Waals surface area contributed by atoms with Gasteiger partial charge < -0.3 is 4.90 Å². The SMILES string of the molecule is Cc1ccc(S(=O)(=O)N2CCN(C(=O)c3sc4cc(Cl)ccc4c3Cl)CC2)cc1. The van der Waals surface area contributed by atoms with Crippen LogP contribution in [0.15, 0.2) is 47.4 Å². The average molecular weight is 469 g/mol. The van der Waals surface area contributed by atoms with E-state index in [4.69, 9.17) is 23.2 Å². The van der Waals surface area contributed by atoms with Crippen LogP contribution in [0.25, 0.3) is 10.1 Å². The number of thiophene rings is 1. The fourth-order valence-electron chi connectivity index (χ4n) is 3.31. The van der Waals surface area contributed by atoms with Crippen molar-refractivity contribution < 1.29 is 13.2 Å². The van der Waals surface area contributed by atoms with Crippen LogP contribution in [-0.2, 0) is 10.0 Å². The van der Waals surface area contributed by atoms with Crippen molar-refractivity contribution in [3.05, 3.63) is 63.0 Å². The van der Waals surface area contributed by atoms with Crippen LogP contribution in [0.1, 0.15) is 15.2 Å². The Labute approximate surface area is 183 Å². The highest BCUT2D eigenvalue weighted by molar-refractivity contribution is 7.89. The number of rotatable bonds is 3. The molecule has 0 N–H and O–H groups in total. The lowest BCUT2D eigenvalue weighted by molar-refractivity contribution is 0.0703. The highest BCUT2D eigenvalue weighted by Crippen LogP contribution is 2.37. The topological polar surface area (TPSA) is 57.7 Å². The molecule has 4 rings (SSSR count). The molecular formula is C20H18Cl2N2O3S2. The molecule has 0 atom stereocenters. The van der Waals surface area contributed by atoms with E-state index in [1.54, 1.807) is 47.4 Å². The third-order valence-corrected chi connectivity index (χ3v) is 8.76. The summed E-state index contributed by atoms with van der Waals surface area (Å²) in [6.45, 7) is 3.03. The molecule has 0 saturated carbocycles. The van der Waals surface area contributed by atoms with Gasteiger partial charge in [0.25, 0.3) is 5.91 Å². The number of nitrogens with zero attached hydrogens (tertiary/aromatic N) is 2. The van der Waals surface area contributed by atoms with Gasteiger partial charge in [0.15, 0.2) is 0 Å². The summed E-state index contributed by atoms with van der Waals surface area (Å²) in [7, 11) is -3.57. The lowest BCUT2D eigenvalue weighted by Gasteiger charge is -2.33. The predicted molar refractivity (Wildman–Crippen MR) is 118 cm³/mol. The molecule has 0 bridgehead atoms. The number of hydrogen-bond acceptors (Lipinski definition) is 4. The standard InChI is InChI=1S/C20H18Cl2N2O3S2/c1-13-2-5-15(6-3-13)29(26,27)24-10-8-23(9-11-24)20(25)19-18(22)16-7-4-14(21)12-17(16)28-19/h2-7,12H,8-11H2,1H3. The summed E-state index contributed by atoms with van der Waals surface area (Å²) in [5.41, 5.74) is 1.00. The Balaban J connectivity index is 1.50. The first-order chi connectivity index (χ1) is 13.8. The predicted octanol–water partition coefficient (Wildman–Crippen LogP) is 4.66. The Kier molecular flexibility index (Phi) is 5.61. The first-order valence-electron chi connectivity index (χ1n) is 9.01. The highest BCUT2D eigenvalue weighted by Gasteiger charge is 2.31. The number of sulfonamides is 1. The molecule has 0 spiro atoms. The Morgan fingerprint density at radius 1 is 1.00 bits per heavy atom. The number of carbonyl (C=O) groups is 1. The highest BCUT2D eigenvalue weighted by atomic mass is 35.5. The second-order valence-electron chi connectivity index (χ2n) is 6.89. The van der Waals surface area contributed by atoms with Gasteiger partial charge in [0, 0.05) is 41.3 Å². The molecule has 3 aromatic rings. The van der Waals surface area contributed by atoms with Gasteiger partial charge in [-0.3, -0.25) is 4.79 Å². The lowest BCUT2D eigenvalue weighted by atomic mass is 10.2. The first-order valence-corrected chi connectivity index (χ1v) is 12.0. The Morgan fingerprint density at radius 2 is 1.66 bits per heavy atom. The molecule has 2 aromatic carbocycles. The number of piperazine rings is 1. The average Bonchev–Trinajstić information content (AvgIpc) is 3.03. The van der Waals surface area contributed by atoms with Crippen molar-refractivity contribution in [2.75, 3.05) is 26.2 Å². The van der Waals surface area contributed by atoms with Gasteiger partial charge in [-0.25, -0.2) is 8.42 Å². The molecule has 2 heterocycles. The molecule has 5 nitrogen and oxygen atoms in total. The number of aryl methyl sites for hydroxylation is 1. The number of hydrogen-bond donors (Lipinski definition) is 0. The molecule has 1 aliphatic rings. The smallest absolute Gasteiger partial charge is 0.265 e. The quantitative estimate of drug-likeness (QED) is 0.561. The van der Waals surface area contributed by atoms with Gasteiger partial charge in [-0.2, -0.15) is 4.31 Å². The van der Waals surface area contributed by atoms with Gasteiger partial charge in [0.2, 0.25) is 10.0 Å². The van der Waals surface area contributed by atoms with Gasteiger partial charge in [-0.1, -0.05) is 47.0 Å². The van der Waals surface area contributed by atoms with E-state index in [9.17, 15) is 13.2 Å². The molecule has 152 valence electrons. The van der Waals surface area contributed by atoms with Crippen molar-refractivity contribution in [2.45, 2.75) is 11.8 Å². The van der Waals surface area contributed by atoms with Crippen LogP contribution in [0, 0.1) is 6.92 Å². The minimum atomic E-state index is -3.57. The summed E-state index contributed by atoms with van der Waals surface area (Å²) in [5, 5.41) is 1.80. The van der Waals surface area contributed by atoms with Crippen molar-refractivity contribution in [1.82, 2.24) is 9.21 Å². The van der Waals surface area contributed by atoms with E-state index in [-0.39, 0.29) is 23.9 Å². The molecule has 1 fully saturated rings. The van der Waals surface area contributed by atoms with Crippen molar-refractivity contribution >= 4 is 60.6 Å². The summed E-state index contributed by atoms with van der Waals surface area (Å²) >= 11 is 13.8. The molecule has 1 amide bonds. The molecular weight excluding hydrogens is 451 g/mol. The fraction of sp³-hybridized carbons (Fsp3) is 0.250. The van der Waals surface area contributed by atoms with E-state index in [2.05, 4.69) is 0 Å². The van der Waals surface area contributed by atoms with E-state index in [0.717, 1.165) is 15.6 Å². The van der Waals surface area contributed by atoms with E-state index in [1.165, 1.54) is 15.6 Å². The maximum atomic E-state index is 13.0. The van der Waals surface area contributed by atoms with Crippen LogP contribution in [0.5, 0.6) is 0 Å². The number of benzene rings is 2. The van der Waals surface area contributed by atoms with Gasteiger partial charge in [0.1, 0.15) is 4.88 Å². The molecule has 1 saturated heterocycles. The van der Waals surface area contributed by atoms with Crippen LogP contribution in [0.2, 0.25) is 10.0 Å².